The summed E-state index contributed by atoms with van der Waals surface area (Å²) in [5.74, 6) is -0.499. The van der Waals surface area contributed by atoms with Gasteiger partial charge in [-0.15, -0.1) is 5.76 Å². The summed E-state index contributed by atoms with van der Waals surface area (Å²) in [6.45, 7) is 5.47. The van der Waals surface area contributed by atoms with Gasteiger partial charge >= 0.3 is 57.4 Å². The third-order valence-electron chi connectivity index (χ3n) is 2.15. The molecule has 0 spiro atoms. The van der Waals surface area contributed by atoms with Gasteiger partial charge in [0.05, 0.1) is 0 Å². The molecule has 0 saturated carbocycles. The molecule has 1 aliphatic carbocycles. The molecule has 4 heteroatoms. The molecule has 72 valence electrons. The van der Waals surface area contributed by atoms with Crippen molar-refractivity contribution in [2.75, 3.05) is 6.61 Å². The van der Waals surface area contributed by atoms with Gasteiger partial charge in [0.2, 0.25) is 0 Å². The smallest absolute Gasteiger partial charge is 0.875 e. The van der Waals surface area contributed by atoms with Gasteiger partial charge in [0.1, 0.15) is 6.61 Å². The fourth-order valence-electron chi connectivity index (χ4n) is 1.43. The molecule has 1 atom stereocenters. The quantitative estimate of drug-likeness (QED) is 0.307. The van der Waals surface area contributed by atoms with Gasteiger partial charge in [-0.05, 0) is 18.8 Å². The Hall–Kier alpha value is 0.386. The van der Waals surface area contributed by atoms with Crippen molar-refractivity contribution in [3.8, 4) is 0 Å². The van der Waals surface area contributed by atoms with E-state index in [-0.39, 0.29) is 69.7 Å². The molecule has 1 aliphatic rings. The van der Waals surface area contributed by atoms with Crippen molar-refractivity contribution in [1.29, 1.82) is 0 Å². The van der Waals surface area contributed by atoms with Crippen molar-refractivity contribution in [1.82, 2.24) is 0 Å². The molecule has 1 rings (SSSR count). The van der Waals surface area contributed by atoms with Crippen LogP contribution in [0.5, 0.6) is 0 Å². The molecule has 0 unspecified atom stereocenters. The van der Waals surface area contributed by atoms with Crippen molar-refractivity contribution < 1.29 is 66.0 Å². The summed E-state index contributed by atoms with van der Waals surface area (Å²) in [6.07, 6.45) is 2.72. The molecule has 0 radical (unpaired) electrons. The van der Waals surface area contributed by atoms with E-state index in [1.165, 1.54) is 6.08 Å². The van der Waals surface area contributed by atoms with E-state index in [1.807, 2.05) is 6.92 Å². The number of rotatable bonds is 3. The Morgan fingerprint density at radius 2 is 2.43 bits per heavy atom. The first-order valence-corrected chi connectivity index (χ1v) is 4.35. The first-order valence-electron chi connectivity index (χ1n) is 4.35. The van der Waals surface area contributed by atoms with E-state index in [0.717, 1.165) is 6.42 Å². The Kier molecular flexibility index (Phi) is 6.98. The number of allylic oxidation sites excluding steroid dienone is 1. The summed E-state index contributed by atoms with van der Waals surface area (Å²) in [5, 5.41) is 11.2. The van der Waals surface area contributed by atoms with Gasteiger partial charge in [0, 0.05) is 5.57 Å². The second-order valence-corrected chi connectivity index (χ2v) is 3.16. The first-order chi connectivity index (χ1) is 6.16. The van der Waals surface area contributed by atoms with E-state index < -0.39 is 5.97 Å². The van der Waals surface area contributed by atoms with E-state index in [1.54, 1.807) is 0 Å². The summed E-state index contributed by atoms with van der Waals surface area (Å²) in [6, 6.07) is 0. The summed E-state index contributed by atoms with van der Waals surface area (Å²) < 4.78 is 4.80. The van der Waals surface area contributed by atoms with E-state index >= 15 is 0 Å². The Morgan fingerprint density at radius 3 is 2.86 bits per heavy atom. The molecule has 0 aromatic heterocycles. The van der Waals surface area contributed by atoms with Crippen LogP contribution in [0, 0.1) is 5.92 Å². The summed E-state index contributed by atoms with van der Waals surface area (Å²) in [4.78, 5) is 11.3. The van der Waals surface area contributed by atoms with Crippen molar-refractivity contribution in [2.24, 2.45) is 5.92 Å². The number of hydrogen-bond donors (Lipinski definition) is 0. The Bertz CT molecular complexity index is 258. The van der Waals surface area contributed by atoms with Gasteiger partial charge in [0.15, 0.2) is 0 Å². The average Bonchev–Trinajstić information content (AvgIpc) is 2.42. The molecular weight excluding hydrogens is 207 g/mol. The summed E-state index contributed by atoms with van der Waals surface area (Å²) >= 11 is 0. The summed E-state index contributed by atoms with van der Waals surface area (Å²) in [7, 11) is 0. The molecule has 0 aromatic rings. The van der Waals surface area contributed by atoms with E-state index in [9.17, 15) is 9.90 Å². The number of esters is 1. The molecule has 0 amide bonds. The predicted octanol–water partition coefficient (Wildman–Crippen LogP) is -2.24. The minimum Gasteiger partial charge on any atom is -0.875 e. The first kappa shape index (κ1) is 14.4. The molecule has 0 aromatic carbocycles. The topological polar surface area (TPSA) is 49.4 Å². The fourth-order valence-corrected chi connectivity index (χ4v) is 1.43. The second-order valence-electron chi connectivity index (χ2n) is 3.16. The Balaban J connectivity index is 0.00000169. The zero-order valence-electron chi connectivity index (χ0n) is 8.71. The maximum absolute atomic E-state index is 11.3. The van der Waals surface area contributed by atoms with Gasteiger partial charge < -0.3 is 9.84 Å². The number of hydrogen-bond acceptors (Lipinski definition) is 3. The zero-order chi connectivity index (χ0) is 9.84. The van der Waals surface area contributed by atoms with Gasteiger partial charge in [-0.1, -0.05) is 19.6 Å². The summed E-state index contributed by atoms with van der Waals surface area (Å²) in [5.41, 5.74) is 0.321. The number of carbonyl (C=O) groups is 1. The van der Waals surface area contributed by atoms with E-state index in [2.05, 4.69) is 6.58 Å². The van der Waals surface area contributed by atoms with Crippen LogP contribution in [0.1, 0.15) is 19.8 Å². The van der Waals surface area contributed by atoms with Crippen LogP contribution >= 0.6 is 0 Å². The van der Waals surface area contributed by atoms with Crippen LogP contribution < -0.4 is 56.5 Å². The van der Waals surface area contributed by atoms with Crippen molar-refractivity contribution in [3.63, 3.8) is 0 Å². The number of carbonyl (C=O) groups excluding carboxylic acids is 1. The molecule has 0 bridgehead atoms. The average molecular weight is 220 g/mol. The maximum atomic E-state index is 11.3. The number of ether oxygens (including phenoxy) is 1. The molecule has 0 heterocycles. The van der Waals surface area contributed by atoms with Crippen molar-refractivity contribution in [2.45, 2.75) is 19.8 Å². The predicted molar refractivity (Wildman–Crippen MR) is 46.6 cm³/mol. The third-order valence-corrected chi connectivity index (χ3v) is 2.15. The van der Waals surface area contributed by atoms with E-state index in [4.69, 9.17) is 4.74 Å². The maximum Gasteiger partial charge on any atom is 1.00 e. The van der Waals surface area contributed by atoms with E-state index in [0.29, 0.717) is 12.0 Å². The van der Waals surface area contributed by atoms with Crippen LogP contribution in [0.15, 0.2) is 24.0 Å². The molecule has 0 saturated heterocycles. The van der Waals surface area contributed by atoms with Crippen LogP contribution in [-0.4, -0.2) is 12.6 Å². The SMILES string of the molecule is C=CCOC(=O)C1=C([O-])CC[C@H]1C.[K+]. The van der Waals surface area contributed by atoms with Crippen LogP contribution in [-0.2, 0) is 9.53 Å². The van der Waals surface area contributed by atoms with Crippen molar-refractivity contribution >= 4 is 5.97 Å². The largest absolute Gasteiger partial charge is 1.00 e. The Morgan fingerprint density at radius 1 is 1.79 bits per heavy atom. The molecule has 14 heavy (non-hydrogen) atoms. The molecule has 0 aliphatic heterocycles. The minimum atomic E-state index is -0.477. The van der Waals surface area contributed by atoms with Crippen LogP contribution in [0.25, 0.3) is 0 Å². The van der Waals surface area contributed by atoms with Gasteiger partial charge in [-0.25, -0.2) is 4.79 Å². The van der Waals surface area contributed by atoms with Crippen LogP contribution in [0.4, 0.5) is 0 Å². The molecule has 0 N–H and O–H groups in total. The molecular formula is C10H13KO3. The van der Waals surface area contributed by atoms with Crippen LogP contribution in [0.2, 0.25) is 0 Å². The zero-order valence-corrected chi connectivity index (χ0v) is 11.8. The fraction of sp³-hybridized carbons (Fsp3) is 0.500. The van der Waals surface area contributed by atoms with Gasteiger partial charge in [-0.3, -0.25) is 0 Å². The van der Waals surface area contributed by atoms with Gasteiger partial charge in [0.25, 0.3) is 0 Å². The minimum absolute atomic E-state index is 0. The monoisotopic (exact) mass is 220 g/mol. The van der Waals surface area contributed by atoms with Crippen LogP contribution in [0.3, 0.4) is 0 Å². The normalized spacial score (nSPS) is 20.2. The third kappa shape index (κ3) is 3.51. The molecule has 0 fully saturated rings. The molecule has 3 nitrogen and oxygen atoms in total. The Labute approximate surface area is 127 Å². The van der Waals surface area contributed by atoms with Crippen molar-refractivity contribution in [3.05, 3.63) is 24.0 Å². The second kappa shape index (κ2) is 6.79. The van der Waals surface area contributed by atoms with Gasteiger partial charge in [-0.2, -0.15) is 0 Å². The standard InChI is InChI=1S/C10H14O3.K/c1-3-6-13-10(12)9-7(2)4-5-8(9)11;/h3,7,11H,1,4-6H2,2H3;/q;+1/p-1/t7-;/m1./s1.